The van der Waals surface area contributed by atoms with Crippen LogP contribution >= 0.6 is 11.6 Å². The molecular weight excluding hydrogens is 136 g/mol. The van der Waals surface area contributed by atoms with E-state index in [2.05, 4.69) is 6.92 Å². The van der Waals surface area contributed by atoms with Crippen LogP contribution in [0.15, 0.2) is 0 Å². The van der Waals surface area contributed by atoms with Gasteiger partial charge in [-0.15, -0.1) is 11.6 Å². The highest BCUT2D eigenvalue weighted by atomic mass is 35.5. The van der Waals surface area contributed by atoms with E-state index in [0.717, 1.165) is 19.4 Å². The van der Waals surface area contributed by atoms with Crippen LogP contribution in [0.5, 0.6) is 0 Å². The Morgan fingerprint density at radius 2 is 2.00 bits per heavy atom. The summed E-state index contributed by atoms with van der Waals surface area (Å²) in [6.07, 6.45) is 3.90. The van der Waals surface area contributed by atoms with Crippen LogP contribution in [-0.2, 0) is 0 Å². The molecule has 0 spiro atoms. The van der Waals surface area contributed by atoms with Crippen LogP contribution in [0.1, 0.15) is 26.2 Å². The van der Waals surface area contributed by atoms with Crippen LogP contribution in [0.2, 0.25) is 0 Å². The summed E-state index contributed by atoms with van der Waals surface area (Å²) >= 11 is 5.86. The third kappa shape index (κ3) is 3.77. The van der Waals surface area contributed by atoms with E-state index >= 15 is 0 Å². The molecule has 0 amide bonds. The minimum absolute atomic E-state index is 0.486. The number of halogens is 1. The lowest BCUT2D eigenvalue weighted by atomic mass is 10.2. The van der Waals surface area contributed by atoms with Crippen molar-refractivity contribution in [3.05, 3.63) is 0 Å². The molecule has 1 saturated carbocycles. The molecule has 0 aromatic heterocycles. The number of aliphatic hydroxyl groups excluding tert-OH is 1. The second-order valence-corrected chi connectivity index (χ2v) is 2.82. The van der Waals surface area contributed by atoms with Crippen molar-refractivity contribution in [2.45, 2.75) is 31.6 Å². The molecule has 0 aliphatic heterocycles. The predicted molar refractivity (Wildman–Crippen MR) is 40.8 cm³/mol. The van der Waals surface area contributed by atoms with Crippen LogP contribution in [0.4, 0.5) is 0 Å². The maximum atomic E-state index is 7.00. The Bertz CT molecular complexity index is 61.9. The van der Waals surface area contributed by atoms with Crippen molar-refractivity contribution in [2.75, 3.05) is 7.11 Å². The minimum Gasteiger partial charge on any atom is -0.400 e. The zero-order chi connectivity index (χ0) is 7.28. The fourth-order valence-electron chi connectivity index (χ4n) is 0.791. The number of rotatable bonds is 2. The third-order valence-corrected chi connectivity index (χ3v) is 2.19. The lowest BCUT2D eigenvalue weighted by Gasteiger charge is -1.98. The van der Waals surface area contributed by atoms with E-state index in [9.17, 15) is 0 Å². The Kier molecular flexibility index (Phi) is 5.21. The second-order valence-electron chi connectivity index (χ2n) is 2.26. The van der Waals surface area contributed by atoms with Gasteiger partial charge in [-0.05, 0) is 25.2 Å². The smallest absolute Gasteiger partial charge is 0.0361 e. The van der Waals surface area contributed by atoms with Gasteiger partial charge >= 0.3 is 0 Å². The zero-order valence-corrected chi connectivity index (χ0v) is 6.86. The molecule has 1 unspecified atom stereocenters. The molecule has 0 aromatic rings. The van der Waals surface area contributed by atoms with E-state index in [1.807, 2.05) is 0 Å². The number of hydrogen-bond acceptors (Lipinski definition) is 1. The summed E-state index contributed by atoms with van der Waals surface area (Å²) < 4.78 is 0. The normalized spacial score (nSPS) is 20.0. The first-order valence-electron chi connectivity index (χ1n) is 3.43. The molecule has 9 heavy (non-hydrogen) atoms. The molecule has 1 aliphatic carbocycles. The fourth-order valence-corrected chi connectivity index (χ4v) is 1.04. The molecule has 0 radical (unpaired) electrons. The average molecular weight is 151 g/mol. The summed E-state index contributed by atoms with van der Waals surface area (Å²) in [5.41, 5.74) is 0. The lowest BCUT2D eigenvalue weighted by molar-refractivity contribution is 0.399. The van der Waals surface area contributed by atoms with Crippen molar-refractivity contribution in [1.29, 1.82) is 0 Å². The van der Waals surface area contributed by atoms with Crippen LogP contribution < -0.4 is 0 Å². The quantitative estimate of drug-likeness (QED) is 0.598. The van der Waals surface area contributed by atoms with Gasteiger partial charge in [0.15, 0.2) is 0 Å². The van der Waals surface area contributed by atoms with Crippen LogP contribution in [0, 0.1) is 5.92 Å². The van der Waals surface area contributed by atoms with Gasteiger partial charge in [-0.2, -0.15) is 0 Å². The first-order chi connectivity index (χ1) is 4.34. The maximum absolute atomic E-state index is 7.00. The van der Waals surface area contributed by atoms with E-state index in [0.29, 0.717) is 5.38 Å². The van der Waals surface area contributed by atoms with Gasteiger partial charge in [-0.3, -0.25) is 0 Å². The standard InChI is InChI=1S/C6H11Cl.CH4O/c1-2-6(7)5-3-4-5;1-2/h5-6H,2-4H2,1H3;2H,1H3. The summed E-state index contributed by atoms with van der Waals surface area (Å²) in [4.78, 5) is 0. The maximum Gasteiger partial charge on any atom is 0.0361 e. The van der Waals surface area contributed by atoms with Crippen LogP contribution in [-0.4, -0.2) is 17.6 Å². The molecule has 1 aliphatic rings. The highest BCUT2D eigenvalue weighted by Gasteiger charge is 2.27. The van der Waals surface area contributed by atoms with Crippen molar-refractivity contribution in [3.8, 4) is 0 Å². The molecule has 0 bridgehead atoms. The van der Waals surface area contributed by atoms with Gasteiger partial charge in [0.25, 0.3) is 0 Å². The van der Waals surface area contributed by atoms with Gasteiger partial charge in [-0.1, -0.05) is 6.92 Å². The van der Waals surface area contributed by atoms with Gasteiger partial charge in [0.1, 0.15) is 0 Å². The van der Waals surface area contributed by atoms with E-state index in [1.54, 1.807) is 0 Å². The van der Waals surface area contributed by atoms with Gasteiger partial charge in [0.05, 0.1) is 0 Å². The van der Waals surface area contributed by atoms with E-state index in [1.165, 1.54) is 12.8 Å². The first-order valence-corrected chi connectivity index (χ1v) is 3.87. The summed E-state index contributed by atoms with van der Waals surface area (Å²) in [6.45, 7) is 2.15. The number of hydrogen-bond donors (Lipinski definition) is 1. The Hall–Kier alpha value is 0.250. The van der Waals surface area contributed by atoms with E-state index in [-0.39, 0.29) is 0 Å². The SMILES string of the molecule is CCC(Cl)C1CC1.CO. The van der Waals surface area contributed by atoms with Gasteiger partial charge in [0.2, 0.25) is 0 Å². The largest absolute Gasteiger partial charge is 0.400 e. The Morgan fingerprint density at radius 1 is 1.56 bits per heavy atom. The summed E-state index contributed by atoms with van der Waals surface area (Å²) in [7, 11) is 1.00. The summed E-state index contributed by atoms with van der Waals surface area (Å²) in [5, 5.41) is 7.49. The van der Waals surface area contributed by atoms with Crippen LogP contribution in [0.25, 0.3) is 0 Å². The van der Waals surface area contributed by atoms with Crippen molar-refractivity contribution in [1.82, 2.24) is 0 Å². The van der Waals surface area contributed by atoms with Crippen molar-refractivity contribution >= 4 is 11.6 Å². The summed E-state index contributed by atoms with van der Waals surface area (Å²) in [6, 6.07) is 0. The summed E-state index contributed by atoms with van der Waals surface area (Å²) in [5.74, 6) is 0.881. The van der Waals surface area contributed by atoms with Gasteiger partial charge in [-0.25, -0.2) is 0 Å². The second kappa shape index (κ2) is 5.07. The Morgan fingerprint density at radius 3 is 2.11 bits per heavy atom. The monoisotopic (exact) mass is 150 g/mol. The average Bonchev–Trinajstić information content (AvgIpc) is 2.72. The molecule has 0 saturated heterocycles. The molecule has 0 heterocycles. The zero-order valence-electron chi connectivity index (χ0n) is 6.10. The molecule has 56 valence electrons. The topological polar surface area (TPSA) is 20.2 Å². The molecule has 1 rings (SSSR count). The minimum atomic E-state index is 0.486. The fraction of sp³-hybridized carbons (Fsp3) is 1.00. The predicted octanol–water partition coefficient (Wildman–Crippen LogP) is 2.02. The highest BCUT2D eigenvalue weighted by molar-refractivity contribution is 6.20. The van der Waals surface area contributed by atoms with E-state index < -0.39 is 0 Å². The third-order valence-electron chi connectivity index (χ3n) is 1.52. The Labute approximate surface area is 62.0 Å². The molecular formula is C7H15ClO. The Balaban J connectivity index is 0.000000291. The van der Waals surface area contributed by atoms with E-state index in [4.69, 9.17) is 16.7 Å². The van der Waals surface area contributed by atoms with Crippen molar-refractivity contribution < 1.29 is 5.11 Å². The molecule has 1 N–H and O–H groups in total. The van der Waals surface area contributed by atoms with Gasteiger partial charge in [0, 0.05) is 12.5 Å². The number of alkyl halides is 1. The molecule has 0 aromatic carbocycles. The van der Waals surface area contributed by atoms with Crippen molar-refractivity contribution in [3.63, 3.8) is 0 Å². The highest BCUT2D eigenvalue weighted by Crippen LogP contribution is 2.36. The lowest BCUT2D eigenvalue weighted by Crippen LogP contribution is -1.96. The van der Waals surface area contributed by atoms with Gasteiger partial charge < -0.3 is 5.11 Å². The molecule has 2 heteroatoms. The molecule has 1 nitrogen and oxygen atoms in total. The van der Waals surface area contributed by atoms with Crippen LogP contribution in [0.3, 0.4) is 0 Å². The van der Waals surface area contributed by atoms with Crippen molar-refractivity contribution in [2.24, 2.45) is 5.92 Å². The first kappa shape index (κ1) is 9.25. The molecule has 1 atom stereocenters. The number of aliphatic hydroxyl groups is 1. The molecule has 1 fully saturated rings.